The van der Waals surface area contributed by atoms with E-state index < -0.39 is 6.10 Å². The Morgan fingerprint density at radius 3 is 3.11 bits per heavy atom. The highest BCUT2D eigenvalue weighted by atomic mass is 16.5. The SMILES string of the molecule is CCOC(C)C(=O)N1CCNCC1c1nccn1C. The van der Waals surface area contributed by atoms with Gasteiger partial charge in [0, 0.05) is 45.7 Å². The molecular formula is C13H22N4O2. The van der Waals surface area contributed by atoms with Crippen molar-refractivity contribution in [2.24, 2.45) is 7.05 Å². The molecule has 6 nitrogen and oxygen atoms in total. The summed E-state index contributed by atoms with van der Waals surface area (Å²) in [5.41, 5.74) is 0. The standard InChI is InChI=1S/C13H22N4O2/c1-4-19-10(2)13(18)17-8-5-14-9-11(17)12-15-6-7-16(12)3/h6-7,10-11,14H,4-5,8-9H2,1-3H3. The van der Waals surface area contributed by atoms with E-state index in [1.165, 1.54) is 0 Å². The van der Waals surface area contributed by atoms with Crippen LogP contribution in [0.1, 0.15) is 25.7 Å². The van der Waals surface area contributed by atoms with E-state index in [4.69, 9.17) is 4.74 Å². The Morgan fingerprint density at radius 2 is 2.47 bits per heavy atom. The number of piperazine rings is 1. The number of aryl methyl sites for hydroxylation is 1. The zero-order chi connectivity index (χ0) is 13.8. The molecule has 1 aromatic heterocycles. The second-order valence-electron chi connectivity index (χ2n) is 4.75. The van der Waals surface area contributed by atoms with E-state index in [9.17, 15) is 4.79 Å². The number of hydrogen-bond acceptors (Lipinski definition) is 4. The maximum atomic E-state index is 12.4. The summed E-state index contributed by atoms with van der Waals surface area (Å²) in [6.07, 6.45) is 3.27. The van der Waals surface area contributed by atoms with Gasteiger partial charge in [0.1, 0.15) is 18.0 Å². The lowest BCUT2D eigenvalue weighted by atomic mass is 10.1. The number of carbonyl (C=O) groups excluding carboxylic acids is 1. The molecule has 2 unspecified atom stereocenters. The minimum atomic E-state index is -0.397. The second kappa shape index (κ2) is 6.16. The van der Waals surface area contributed by atoms with E-state index in [2.05, 4.69) is 10.3 Å². The van der Waals surface area contributed by atoms with E-state index in [1.807, 2.05) is 36.6 Å². The smallest absolute Gasteiger partial charge is 0.252 e. The molecule has 0 spiro atoms. The van der Waals surface area contributed by atoms with Crippen LogP contribution in [0, 0.1) is 0 Å². The molecule has 1 aliphatic heterocycles. The molecule has 2 heterocycles. The maximum Gasteiger partial charge on any atom is 0.252 e. The number of aromatic nitrogens is 2. The molecule has 0 saturated carbocycles. The predicted octanol–water partition coefficient (Wildman–Crippen LogP) is 0.318. The fourth-order valence-electron chi connectivity index (χ4n) is 2.45. The number of imidazole rings is 1. The van der Waals surface area contributed by atoms with Gasteiger partial charge in [-0.05, 0) is 13.8 Å². The molecule has 0 radical (unpaired) electrons. The van der Waals surface area contributed by atoms with Crippen LogP contribution >= 0.6 is 0 Å². The molecule has 19 heavy (non-hydrogen) atoms. The Labute approximate surface area is 113 Å². The Kier molecular flexibility index (Phi) is 4.55. The van der Waals surface area contributed by atoms with E-state index in [0.717, 1.165) is 18.9 Å². The molecule has 2 rings (SSSR count). The Bertz CT molecular complexity index is 432. The quantitative estimate of drug-likeness (QED) is 0.852. The molecule has 6 heteroatoms. The van der Waals surface area contributed by atoms with Crippen molar-refractivity contribution >= 4 is 5.91 Å². The first-order chi connectivity index (χ1) is 9.15. The zero-order valence-electron chi connectivity index (χ0n) is 11.8. The van der Waals surface area contributed by atoms with Crippen LogP contribution in [0.4, 0.5) is 0 Å². The third kappa shape index (κ3) is 2.96. The normalized spacial score (nSPS) is 21.4. The average Bonchev–Trinajstić information content (AvgIpc) is 2.84. The van der Waals surface area contributed by atoms with Crippen molar-refractivity contribution in [1.29, 1.82) is 0 Å². The molecule has 0 aliphatic carbocycles. The minimum absolute atomic E-state index is 0.0239. The second-order valence-corrected chi connectivity index (χ2v) is 4.75. The van der Waals surface area contributed by atoms with Crippen molar-refractivity contribution in [2.45, 2.75) is 26.0 Å². The molecule has 2 atom stereocenters. The van der Waals surface area contributed by atoms with Gasteiger partial charge in [0.25, 0.3) is 5.91 Å². The number of carbonyl (C=O) groups is 1. The molecule has 1 fully saturated rings. The third-order valence-corrected chi connectivity index (χ3v) is 3.45. The van der Waals surface area contributed by atoms with E-state index in [0.29, 0.717) is 13.2 Å². The van der Waals surface area contributed by atoms with E-state index in [-0.39, 0.29) is 11.9 Å². The number of nitrogens with one attached hydrogen (secondary N) is 1. The molecule has 106 valence electrons. The molecule has 0 bridgehead atoms. The largest absolute Gasteiger partial charge is 0.369 e. The summed E-state index contributed by atoms with van der Waals surface area (Å²) in [6.45, 7) is 6.49. The average molecular weight is 266 g/mol. The Hall–Kier alpha value is -1.40. The lowest BCUT2D eigenvalue weighted by Crippen LogP contribution is -2.52. The first-order valence-corrected chi connectivity index (χ1v) is 6.75. The summed E-state index contributed by atoms with van der Waals surface area (Å²) in [4.78, 5) is 18.7. The van der Waals surface area contributed by atoms with Gasteiger partial charge in [-0.15, -0.1) is 0 Å². The first-order valence-electron chi connectivity index (χ1n) is 6.75. The molecule has 1 aliphatic rings. The Morgan fingerprint density at radius 1 is 1.68 bits per heavy atom. The fraction of sp³-hybridized carbons (Fsp3) is 0.692. The van der Waals surface area contributed by atoms with Crippen LogP contribution in [0.25, 0.3) is 0 Å². The molecule has 0 aromatic carbocycles. The van der Waals surface area contributed by atoms with E-state index in [1.54, 1.807) is 6.20 Å². The monoisotopic (exact) mass is 266 g/mol. The van der Waals surface area contributed by atoms with Gasteiger partial charge < -0.3 is 19.5 Å². The lowest BCUT2D eigenvalue weighted by Gasteiger charge is -2.37. The molecular weight excluding hydrogens is 244 g/mol. The van der Waals surface area contributed by atoms with Gasteiger partial charge in [-0.3, -0.25) is 4.79 Å². The van der Waals surface area contributed by atoms with Gasteiger partial charge in [0.15, 0.2) is 0 Å². The number of ether oxygens (including phenoxy) is 1. The van der Waals surface area contributed by atoms with Gasteiger partial charge in [-0.2, -0.15) is 0 Å². The molecule has 1 aromatic rings. The minimum Gasteiger partial charge on any atom is -0.369 e. The van der Waals surface area contributed by atoms with Crippen LogP contribution in [0.15, 0.2) is 12.4 Å². The molecule has 1 saturated heterocycles. The van der Waals surface area contributed by atoms with Crippen molar-refractivity contribution in [3.8, 4) is 0 Å². The van der Waals surface area contributed by atoms with Gasteiger partial charge in [-0.1, -0.05) is 0 Å². The van der Waals surface area contributed by atoms with Crippen LogP contribution < -0.4 is 5.32 Å². The van der Waals surface area contributed by atoms with Crippen LogP contribution in [-0.2, 0) is 16.6 Å². The van der Waals surface area contributed by atoms with Crippen LogP contribution in [0.5, 0.6) is 0 Å². The highest BCUT2D eigenvalue weighted by Gasteiger charge is 2.32. The Balaban J connectivity index is 2.17. The number of nitrogens with zero attached hydrogens (tertiary/aromatic N) is 3. The number of rotatable bonds is 4. The number of hydrogen-bond donors (Lipinski definition) is 1. The van der Waals surface area contributed by atoms with Crippen molar-refractivity contribution in [3.05, 3.63) is 18.2 Å². The summed E-state index contributed by atoms with van der Waals surface area (Å²) in [6, 6.07) is -0.0239. The van der Waals surface area contributed by atoms with Crippen molar-refractivity contribution in [2.75, 3.05) is 26.2 Å². The van der Waals surface area contributed by atoms with Gasteiger partial charge in [-0.25, -0.2) is 4.98 Å². The number of amides is 1. The first kappa shape index (κ1) is 14.0. The van der Waals surface area contributed by atoms with Gasteiger partial charge >= 0.3 is 0 Å². The third-order valence-electron chi connectivity index (χ3n) is 3.45. The molecule has 1 N–H and O–H groups in total. The van der Waals surface area contributed by atoms with Gasteiger partial charge in [0.2, 0.25) is 0 Å². The van der Waals surface area contributed by atoms with Crippen LogP contribution in [-0.4, -0.2) is 52.7 Å². The highest BCUT2D eigenvalue weighted by molar-refractivity contribution is 5.81. The summed E-state index contributed by atoms with van der Waals surface area (Å²) < 4.78 is 7.38. The maximum absolute atomic E-state index is 12.4. The van der Waals surface area contributed by atoms with Gasteiger partial charge in [0.05, 0.1) is 0 Å². The predicted molar refractivity (Wildman–Crippen MR) is 71.6 cm³/mol. The lowest BCUT2D eigenvalue weighted by molar-refractivity contribution is -0.146. The molecule has 1 amide bonds. The summed E-state index contributed by atoms with van der Waals surface area (Å²) in [7, 11) is 1.95. The van der Waals surface area contributed by atoms with Crippen LogP contribution in [0.2, 0.25) is 0 Å². The summed E-state index contributed by atoms with van der Waals surface area (Å²) in [5.74, 6) is 0.945. The fourth-order valence-corrected chi connectivity index (χ4v) is 2.45. The topological polar surface area (TPSA) is 59.4 Å². The van der Waals surface area contributed by atoms with Crippen molar-refractivity contribution in [3.63, 3.8) is 0 Å². The van der Waals surface area contributed by atoms with Crippen LogP contribution in [0.3, 0.4) is 0 Å². The van der Waals surface area contributed by atoms with Crippen molar-refractivity contribution in [1.82, 2.24) is 19.8 Å². The summed E-state index contributed by atoms with van der Waals surface area (Å²) in [5, 5.41) is 3.32. The zero-order valence-corrected chi connectivity index (χ0v) is 11.8. The van der Waals surface area contributed by atoms with E-state index >= 15 is 0 Å². The van der Waals surface area contributed by atoms with Crippen molar-refractivity contribution < 1.29 is 9.53 Å². The highest BCUT2D eigenvalue weighted by Crippen LogP contribution is 2.21. The summed E-state index contributed by atoms with van der Waals surface area (Å²) >= 11 is 0.